The lowest BCUT2D eigenvalue weighted by molar-refractivity contribution is -0.124. The van der Waals surface area contributed by atoms with E-state index in [9.17, 15) is 4.79 Å². The summed E-state index contributed by atoms with van der Waals surface area (Å²) in [6.45, 7) is 0. The van der Waals surface area contributed by atoms with Crippen molar-refractivity contribution in [2.24, 2.45) is 16.3 Å². The highest BCUT2D eigenvalue weighted by Gasteiger charge is 2.60. The number of hydrogen-bond acceptors (Lipinski definition) is 2. The molecule has 1 saturated heterocycles. The summed E-state index contributed by atoms with van der Waals surface area (Å²) in [6, 6.07) is 0. The maximum atomic E-state index is 11.5. The molecule has 0 bridgehead atoms. The minimum atomic E-state index is -0.0156. The first kappa shape index (κ1) is 6.40. The topological polar surface area (TPSA) is 41.5 Å². The van der Waals surface area contributed by atoms with Crippen molar-refractivity contribution in [2.75, 3.05) is 0 Å². The average molecular weight is 162 g/mol. The van der Waals surface area contributed by atoms with Gasteiger partial charge in [0.05, 0.1) is 5.41 Å². The van der Waals surface area contributed by atoms with Gasteiger partial charge in [-0.05, 0) is 19.3 Å². The molecule has 0 aromatic carbocycles. The van der Waals surface area contributed by atoms with Gasteiger partial charge in [0, 0.05) is 24.0 Å². The third-order valence-electron chi connectivity index (χ3n) is 3.20. The van der Waals surface area contributed by atoms with Crippen LogP contribution in [-0.4, -0.2) is 12.1 Å². The van der Waals surface area contributed by atoms with Gasteiger partial charge in [-0.3, -0.25) is 9.79 Å². The monoisotopic (exact) mass is 162 g/mol. The molecule has 3 heteroatoms. The molecular formula is C9H10N2O. The highest BCUT2D eigenvalue weighted by Crippen LogP contribution is 2.58. The van der Waals surface area contributed by atoms with Gasteiger partial charge in [0.1, 0.15) is 0 Å². The summed E-state index contributed by atoms with van der Waals surface area (Å²) in [5.41, 5.74) is 1.03. The Hall–Kier alpha value is -1.12. The van der Waals surface area contributed by atoms with Crippen molar-refractivity contribution in [3.63, 3.8) is 0 Å². The Morgan fingerprint density at radius 1 is 1.58 bits per heavy atom. The van der Waals surface area contributed by atoms with E-state index in [1.165, 1.54) is 0 Å². The molecule has 3 nitrogen and oxygen atoms in total. The van der Waals surface area contributed by atoms with Crippen LogP contribution in [0.3, 0.4) is 0 Å². The third-order valence-corrected chi connectivity index (χ3v) is 3.20. The molecule has 62 valence electrons. The van der Waals surface area contributed by atoms with Crippen LogP contribution in [0, 0.1) is 11.3 Å². The average Bonchev–Trinajstić information content (AvgIpc) is 2.80. The molecule has 2 heterocycles. The van der Waals surface area contributed by atoms with E-state index in [2.05, 4.69) is 10.3 Å². The van der Waals surface area contributed by atoms with Gasteiger partial charge in [-0.15, -0.1) is 0 Å². The number of amides is 1. The fraction of sp³-hybridized carbons (Fsp3) is 0.556. The van der Waals surface area contributed by atoms with E-state index < -0.39 is 0 Å². The summed E-state index contributed by atoms with van der Waals surface area (Å²) < 4.78 is 0. The maximum Gasteiger partial charge on any atom is 0.231 e. The van der Waals surface area contributed by atoms with Crippen LogP contribution in [-0.2, 0) is 4.79 Å². The summed E-state index contributed by atoms with van der Waals surface area (Å²) in [5.74, 6) is 0.645. The Bertz CT molecular complexity index is 312. The summed E-state index contributed by atoms with van der Waals surface area (Å²) in [5, 5.41) is 2.92. The minimum Gasteiger partial charge on any atom is -0.327 e. The molecule has 2 aliphatic heterocycles. The molecular weight excluding hydrogens is 152 g/mol. The van der Waals surface area contributed by atoms with Gasteiger partial charge in [-0.25, -0.2) is 0 Å². The molecule has 1 saturated carbocycles. The Morgan fingerprint density at radius 3 is 3.17 bits per heavy atom. The Balaban J connectivity index is 2.05. The highest BCUT2D eigenvalue weighted by molar-refractivity contribution is 5.92. The predicted octanol–water partition coefficient (Wildman–Crippen LogP) is 0.829. The van der Waals surface area contributed by atoms with Gasteiger partial charge in [-0.2, -0.15) is 0 Å². The molecule has 12 heavy (non-hydrogen) atoms. The first-order chi connectivity index (χ1) is 5.83. The second-order valence-corrected chi connectivity index (χ2v) is 3.81. The zero-order valence-electron chi connectivity index (χ0n) is 6.71. The summed E-state index contributed by atoms with van der Waals surface area (Å²) in [7, 11) is 0. The van der Waals surface area contributed by atoms with Crippen molar-refractivity contribution in [1.29, 1.82) is 0 Å². The Kier molecular flexibility index (Phi) is 0.953. The van der Waals surface area contributed by atoms with Gasteiger partial charge >= 0.3 is 0 Å². The Labute approximate surface area is 70.6 Å². The lowest BCUT2D eigenvalue weighted by Crippen LogP contribution is -2.20. The van der Waals surface area contributed by atoms with Crippen LogP contribution in [0.2, 0.25) is 0 Å². The molecule has 1 atom stereocenters. The van der Waals surface area contributed by atoms with Crippen molar-refractivity contribution in [3.05, 3.63) is 11.9 Å². The van der Waals surface area contributed by atoms with Crippen LogP contribution in [0.4, 0.5) is 0 Å². The highest BCUT2D eigenvalue weighted by atomic mass is 16.2. The molecule has 0 aromatic heterocycles. The zero-order valence-corrected chi connectivity index (χ0v) is 6.71. The van der Waals surface area contributed by atoms with Crippen LogP contribution in [0.1, 0.15) is 19.3 Å². The lowest BCUT2D eigenvalue weighted by Gasteiger charge is -2.15. The van der Waals surface area contributed by atoms with E-state index >= 15 is 0 Å². The molecule has 1 aliphatic carbocycles. The van der Waals surface area contributed by atoms with Gasteiger partial charge in [0.2, 0.25) is 5.91 Å². The molecule has 1 spiro atoms. The van der Waals surface area contributed by atoms with Gasteiger partial charge in [0.15, 0.2) is 0 Å². The fourth-order valence-corrected chi connectivity index (χ4v) is 2.28. The van der Waals surface area contributed by atoms with E-state index in [-0.39, 0.29) is 11.3 Å². The summed E-state index contributed by atoms with van der Waals surface area (Å²) >= 11 is 0. The van der Waals surface area contributed by atoms with Crippen LogP contribution >= 0.6 is 0 Å². The standard InChI is InChI=1S/C9H10N2O/c12-8-9(2-3-9)6-1-4-10-5-7(6)11-8/h4-6H,1-3H2,(H,11,12). The SMILES string of the molecule is O=C1NC2=CN=CCC2C12CC2. The molecule has 1 N–H and O–H groups in total. The van der Waals surface area contributed by atoms with Crippen molar-refractivity contribution in [1.82, 2.24) is 5.32 Å². The molecule has 0 radical (unpaired) electrons. The number of nitrogens with zero attached hydrogens (tertiary/aromatic N) is 1. The zero-order chi connectivity index (χ0) is 8.18. The smallest absolute Gasteiger partial charge is 0.231 e. The van der Waals surface area contributed by atoms with Crippen LogP contribution in [0.15, 0.2) is 16.9 Å². The fourth-order valence-electron chi connectivity index (χ4n) is 2.28. The van der Waals surface area contributed by atoms with Gasteiger partial charge < -0.3 is 5.32 Å². The molecule has 2 fully saturated rings. The van der Waals surface area contributed by atoms with Crippen LogP contribution in [0.5, 0.6) is 0 Å². The van der Waals surface area contributed by atoms with Crippen molar-refractivity contribution < 1.29 is 4.79 Å². The quantitative estimate of drug-likeness (QED) is 0.563. The van der Waals surface area contributed by atoms with E-state index in [1.54, 1.807) is 6.20 Å². The van der Waals surface area contributed by atoms with Gasteiger partial charge in [-0.1, -0.05) is 0 Å². The summed E-state index contributed by atoms with van der Waals surface area (Å²) in [6.07, 6.45) is 6.77. The van der Waals surface area contributed by atoms with Crippen molar-refractivity contribution in [2.45, 2.75) is 19.3 Å². The molecule has 1 amide bonds. The van der Waals surface area contributed by atoms with E-state index in [0.717, 1.165) is 25.0 Å². The molecule has 0 aromatic rings. The van der Waals surface area contributed by atoms with Crippen molar-refractivity contribution >= 4 is 12.1 Å². The van der Waals surface area contributed by atoms with E-state index in [0.29, 0.717) is 5.92 Å². The number of hydrogen-bond donors (Lipinski definition) is 1. The van der Waals surface area contributed by atoms with Crippen molar-refractivity contribution in [3.8, 4) is 0 Å². The maximum absolute atomic E-state index is 11.5. The minimum absolute atomic E-state index is 0.0156. The normalized spacial score (nSPS) is 34.5. The number of aliphatic imine (C=N–C) groups is 1. The Morgan fingerprint density at radius 2 is 2.42 bits per heavy atom. The molecule has 3 rings (SSSR count). The summed E-state index contributed by atoms with van der Waals surface area (Å²) in [4.78, 5) is 15.6. The predicted molar refractivity (Wildman–Crippen MR) is 44.5 cm³/mol. The lowest BCUT2D eigenvalue weighted by atomic mass is 9.87. The van der Waals surface area contributed by atoms with Gasteiger partial charge in [0.25, 0.3) is 0 Å². The van der Waals surface area contributed by atoms with Crippen LogP contribution < -0.4 is 5.32 Å². The number of allylic oxidation sites excluding steroid dienone is 1. The number of carbonyl (C=O) groups excluding carboxylic acids is 1. The number of fused-ring (bicyclic) bond motifs is 2. The number of rotatable bonds is 0. The first-order valence-electron chi connectivity index (χ1n) is 4.36. The number of nitrogens with one attached hydrogen (secondary N) is 1. The largest absolute Gasteiger partial charge is 0.327 e. The molecule has 1 unspecified atom stereocenters. The third kappa shape index (κ3) is 0.578. The van der Waals surface area contributed by atoms with E-state index in [4.69, 9.17) is 0 Å². The van der Waals surface area contributed by atoms with E-state index in [1.807, 2.05) is 6.21 Å². The second kappa shape index (κ2) is 1.79. The second-order valence-electron chi connectivity index (χ2n) is 3.81. The number of carbonyl (C=O) groups is 1. The van der Waals surface area contributed by atoms with Crippen LogP contribution in [0.25, 0.3) is 0 Å². The molecule has 3 aliphatic rings. The first-order valence-corrected chi connectivity index (χ1v) is 4.36.